The Morgan fingerprint density at radius 1 is 1.43 bits per heavy atom. The summed E-state index contributed by atoms with van der Waals surface area (Å²) in [5.41, 5.74) is 0.346. The smallest absolute Gasteiger partial charge is 0.239 e. The van der Waals surface area contributed by atoms with Gasteiger partial charge in [-0.15, -0.1) is 0 Å². The van der Waals surface area contributed by atoms with E-state index in [0.717, 1.165) is 0 Å². The first-order valence-corrected chi connectivity index (χ1v) is 4.49. The minimum atomic E-state index is -0.350. The molecule has 0 aromatic heterocycles. The van der Waals surface area contributed by atoms with Crippen molar-refractivity contribution in [2.75, 3.05) is 18.4 Å². The van der Waals surface area contributed by atoms with Crippen molar-refractivity contribution in [2.45, 2.75) is 6.92 Å². The molecule has 4 heteroatoms. The molecule has 0 unspecified atom stereocenters. The molecule has 14 heavy (non-hydrogen) atoms. The lowest BCUT2D eigenvalue weighted by atomic mass is 10.3. The molecule has 0 aliphatic heterocycles. The van der Waals surface area contributed by atoms with Crippen molar-refractivity contribution in [3.05, 3.63) is 30.1 Å². The van der Waals surface area contributed by atoms with Gasteiger partial charge in [0.25, 0.3) is 0 Å². The van der Waals surface area contributed by atoms with Crippen LogP contribution < -0.4 is 10.6 Å². The molecule has 0 saturated carbocycles. The summed E-state index contributed by atoms with van der Waals surface area (Å²) >= 11 is 0. The Hall–Kier alpha value is -1.58. The molecule has 0 atom stereocenters. The standard InChI is InChI=1S/C10H13FN2O/c1-2-12-10(14)7-13-9-6-4-3-5-8(9)11/h3-6,13H,2,7H2,1H3,(H,12,14). The van der Waals surface area contributed by atoms with Crippen molar-refractivity contribution in [3.8, 4) is 0 Å². The fraction of sp³-hybridized carbons (Fsp3) is 0.300. The van der Waals surface area contributed by atoms with Crippen LogP contribution >= 0.6 is 0 Å². The van der Waals surface area contributed by atoms with Crippen LogP contribution in [-0.2, 0) is 4.79 Å². The summed E-state index contributed by atoms with van der Waals surface area (Å²) in [6.07, 6.45) is 0. The molecule has 76 valence electrons. The lowest BCUT2D eigenvalue weighted by molar-refractivity contribution is -0.119. The summed E-state index contributed by atoms with van der Waals surface area (Å²) in [7, 11) is 0. The molecule has 1 aromatic rings. The Balaban J connectivity index is 2.46. The second-order valence-corrected chi connectivity index (χ2v) is 2.79. The Bertz CT molecular complexity index is 315. The average Bonchev–Trinajstić information content (AvgIpc) is 2.17. The van der Waals surface area contributed by atoms with Gasteiger partial charge >= 0.3 is 0 Å². The lowest BCUT2D eigenvalue weighted by Gasteiger charge is -2.06. The van der Waals surface area contributed by atoms with Gasteiger partial charge < -0.3 is 10.6 Å². The summed E-state index contributed by atoms with van der Waals surface area (Å²) in [4.78, 5) is 11.0. The van der Waals surface area contributed by atoms with Gasteiger partial charge in [0.05, 0.1) is 12.2 Å². The van der Waals surface area contributed by atoms with Gasteiger partial charge in [0.15, 0.2) is 0 Å². The summed E-state index contributed by atoms with van der Waals surface area (Å²) in [5.74, 6) is -0.493. The number of nitrogens with one attached hydrogen (secondary N) is 2. The van der Waals surface area contributed by atoms with E-state index in [1.807, 2.05) is 6.92 Å². The minimum absolute atomic E-state index is 0.0920. The van der Waals surface area contributed by atoms with Crippen LogP contribution in [0.3, 0.4) is 0 Å². The quantitative estimate of drug-likeness (QED) is 0.763. The van der Waals surface area contributed by atoms with Crippen LogP contribution in [0, 0.1) is 5.82 Å². The van der Waals surface area contributed by atoms with Crippen LogP contribution in [0.4, 0.5) is 10.1 Å². The van der Waals surface area contributed by atoms with Gasteiger partial charge in [-0.3, -0.25) is 4.79 Å². The molecule has 1 aromatic carbocycles. The number of halogens is 1. The van der Waals surface area contributed by atoms with E-state index in [2.05, 4.69) is 10.6 Å². The third kappa shape index (κ3) is 3.05. The zero-order valence-corrected chi connectivity index (χ0v) is 8.01. The van der Waals surface area contributed by atoms with E-state index in [-0.39, 0.29) is 18.3 Å². The fourth-order valence-electron chi connectivity index (χ4n) is 1.04. The van der Waals surface area contributed by atoms with Crippen LogP contribution in [0.15, 0.2) is 24.3 Å². The fourth-order valence-corrected chi connectivity index (χ4v) is 1.04. The third-order valence-electron chi connectivity index (χ3n) is 1.69. The van der Waals surface area contributed by atoms with Gasteiger partial charge in [-0.1, -0.05) is 12.1 Å². The molecule has 0 saturated heterocycles. The highest BCUT2D eigenvalue weighted by Crippen LogP contribution is 2.11. The number of hydrogen-bond acceptors (Lipinski definition) is 2. The van der Waals surface area contributed by atoms with Crippen LogP contribution in [0.25, 0.3) is 0 Å². The predicted octanol–water partition coefficient (Wildman–Crippen LogP) is 1.37. The first-order chi connectivity index (χ1) is 6.74. The first-order valence-electron chi connectivity index (χ1n) is 4.49. The molecule has 0 radical (unpaired) electrons. The topological polar surface area (TPSA) is 41.1 Å². The van der Waals surface area contributed by atoms with Gasteiger partial charge in [0, 0.05) is 6.54 Å². The molecular weight excluding hydrogens is 183 g/mol. The van der Waals surface area contributed by atoms with E-state index in [1.54, 1.807) is 18.2 Å². The van der Waals surface area contributed by atoms with Crippen molar-refractivity contribution in [1.29, 1.82) is 0 Å². The van der Waals surface area contributed by atoms with Gasteiger partial charge in [-0.2, -0.15) is 0 Å². The van der Waals surface area contributed by atoms with Crippen LogP contribution in [0.2, 0.25) is 0 Å². The second-order valence-electron chi connectivity index (χ2n) is 2.79. The minimum Gasteiger partial charge on any atom is -0.374 e. The Labute approximate surface area is 82.3 Å². The molecule has 1 rings (SSSR count). The number of carbonyl (C=O) groups is 1. The maximum atomic E-state index is 13.0. The molecule has 0 aliphatic carbocycles. The summed E-state index contributed by atoms with van der Waals surface area (Å²) in [6, 6.07) is 6.25. The normalized spacial score (nSPS) is 9.57. The van der Waals surface area contributed by atoms with Crippen molar-refractivity contribution in [3.63, 3.8) is 0 Å². The van der Waals surface area contributed by atoms with E-state index in [0.29, 0.717) is 12.2 Å². The molecule has 3 nitrogen and oxygen atoms in total. The number of likely N-dealkylation sites (N-methyl/N-ethyl adjacent to an activating group) is 1. The number of carbonyl (C=O) groups excluding carboxylic acids is 1. The van der Waals surface area contributed by atoms with E-state index in [4.69, 9.17) is 0 Å². The maximum Gasteiger partial charge on any atom is 0.239 e. The van der Waals surface area contributed by atoms with E-state index in [9.17, 15) is 9.18 Å². The SMILES string of the molecule is CCNC(=O)CNc1ccccc1F. The molecule has 0 aliphatic rings. The highest BCUT2D eigenvalue weighted by Gasteiger charge is 2.02. The largest absolute Gasteiger partial charge is 0.374 e. The van der Waals surface area contributed by atoms with Gasteiger partial charge in [-0.25, -0.2) is 4.39 Å². The number of rotatable bonds is 4. The third-order valence-corrected chi connectivity index (χ3v) is 1.69. The molecule has 0 spiro atoms. The van der Waals surface area contributed by atoms with Crippen molar-refractivity contribution >= 4 is 11.6 Å². The average molecular weight is 196 g/mol. The highest BCUT2D eigenvalue weighted by atomic mass is 19.1. The predicted molar refractivity (Wildman–Crippen MR) is 53.6 cm³/mol. The molecule has 1 amide bonds. The number of anilines is 1. The number of benzene rings is 1. The Morgan fingerprint density at radius 2 is 2.14 bits per heavy atom. The van der Waals surface area contributed by atoms with Crippen LogP contribution in [0.1, 0.15) is 6.92 Å². The van der Waals surface area contributed by atoms with Crippen molar-refractivity contribution in [1.82, 2.24) is 5.32 Å². The summed E-state index contributed by atoms with van der Waals surface area (Å²) in [6.45, 7) is 2.51. The monoisotopic (exact) mass is 196 g/mol. The molecule has 0 heterocycles. The Kier molecular flexibility index (Phi) is 3.91. The summed E-state index contributed by atoms with van der Waals surface area (Å²) in [5, 5.41) is 5.32. The maximum absolute atomic E-state index is 13.0. The second kappa shape index (κ2) is 5.21. The van der Waals surface area contributed by atoms with E-state index < -0.39 is 0 Å². The number of para-hydroxylation sites is 1. The van der Waals surface area contributed by atoms with Crippen molar-refractivity contribution < 1.29 is 9.18 Å². The first kappa shape index (κ1) is 10.5. The highest BCUT2D eigenvalue weighted by molar-refractivity contribution is 5.80. The van der Waals surface area contributed by atoms with Gasteiger partial charge in [-0.05, 0) is 19.1 Å². The van der Waals surface area contributed by atoms with Crippen molar-refractivity contribution in [2.24, 2.45) is 0 Å². The van der Waals surface area contributed by atoms with E-state index in [1.165, 1.54) is 6.07 Å². The molecule has 2 N–H and O–H groups in total. The van der Waals surface area contributed by atoms with Crippen LogP contribution in [-0.4, -0.2) is 19.0 Å². The van der Waals surface area contributed by atoms with Crippen LogP contribution in [0.5, 0.6) is 0 Å². The molecular formula is C10H13FN2O. The number of amides is 1. The zero-order valence-electron chi connectivity index (χ0n) is 8.01. The lowest BCUT2D eigenvalue weighted by Crippen LogP contribution is -2.29. The van der Waals surface area contributed by atoms with Gasteiger partial charge in [0.2, 0.25) is 5.91 Å². The van der Waals surface area contributed by atoms with E-state index >= 15 is 0 Å². The molecule has 0 fully saturated rings. The Morgan fingerprint density at radius 3 is 2.79 bits per heavy atom. The van der Waals surface area contributed by atoms with Gasteiger partial charge in [0.1, 0.15) is 5.82 Å². The zero-order chi connectivity index (χ0) is 10.4. The summed E-state index contributed by atoms with van der Waals surface area (Å²) < 4.78 is 13.0. The number of hydrogen-bond donors (Lipinski definition) is 2. The molecule has 0 bridgehead atoms.